The lowest BCUT2D eigenvalue weighted by atomic mass is 9.48. The average molecular weight is 336 g/mol. The van der Waals surface area contributed by atoms with E-state index >= 15 is 0 Å². The van der Waals surface area contributed by atoms with Crippen molar-refractivity contribution in [3.8, 4) is 0 Å². The lowest BCUT2D eigenvalue weighted by Gasteiger charge is -2.56. The van der Waals surface area contributed by atoms with E-state index in [1.165, 1.54) is 96.3 Å². The molecule has 138 valence electrons. The van der Waals surface area contributed by atoms with E-state index in [0.29, 0.717) is 17.8 Å². The highest BCUT2D eigenvalue weighted by Gasteiger charge is 2.56. The fourth-order valence-corrected chi connectivity index (χ4v) is 6.78. The zero-order valence-corrected chi connectivity index (χ0v) is 15.3. The van der Waals surface area contributed by atoms with Crippen LogP contribution in [0.1, 0.15) is 96.3 Å². The summed E-state index contributed by atoms with van der Waals surface area (Å²) in [6, 6.07) is -0.660. The summed E-state index contributed by atoms with van der Waals surface area (Å²) < 4.78 is 0. The molecule has 0 aliphatic heterocycles. The van der Waals surface area contributed by atoms with Crippen LogP contribution < -0.4 is 5.73 Å². The summed E-state index contributed by atoms with van der Waals surface area (Å²) in [6.45, 7) is 0. The van der Waals surface area contributed by atoms with Gasteiger partial charge in [-0.05, 0) is 56.3 Å². The van der Waals surface area contributed by atoms with Gasteiger partial charge < -0.3 is 10.8 Å². The van der Waals surface area contributed by atoms with Gasteiger partial charge in [-0.2, -0.15) is 0 Å². The zero-order valence-electron chi connectivity index (χ0n) is 15.3. The van der Waals surface area contributed by atoms with Crippen LogP contribution in [0.15, 0.2) is 0 Å². The van der Waals surface area contributed by atoms with Crippen LogP contribution in [0.25, 0.3) is 0 Å². The molecule has 3 nitrogen and oxygen atoms in total. The molecule has 3 rings (SSSR count). The normalized spacial score (nSPS) is 27.0. The maximum atomic E-state index is 12.1. The minimum atomic E-state index is -0.739. The fraction of sp³-hybridized carbons (Fsp3) is 0.952. The Balaban J connectivity index is 2.00. The number of carboxylic acid groups (broad SMARTS) is 1. The van der Waals surface area contributed by atoms with Gasteiger partial charge in [-0.15, -0.1) is 0 Å². The van der Waals surface area contributed by atoms with Crippen molar-refractivity contribution < 1.29 is 9.90 Å². The number of hydrogen-bond acceptors (Lipinski definition) is 2. The first-order valence-electron chi connectivity index (χ1n) is 10.7. The second kappa shape index (κ2) is 8.21. The number of hydrogen-bond donors (Lipinski definition) is 2. The summed E-state index contributed by atoms with van der Waals surface area (Å²) >= 11 is 0. The molecule has 1 atom stereocenters. The molecule has 0 unspecified atom stereocenters. The second-order valence-corrected chi connectivity index (χ2v) is 8.82. The van der Waals surface area contributed by atoms with Crippen LogP contribution in [0.4, 0.5) is 0 Å². The molecule has 0 spiro atoms. The Morgan fingerprint density at radius 1 is 0.708 bits per heavy atom. The van der Waals surface area contributed by atoms with Crippen molar-refractivity contribution in [1.29, 1.82) is 0 Å². The Labute approximate surface area is 147 Å². The first-order chi connectivity index (χ1) is 11.7. The highest BCUT2D eigenvalue weighted by molar-refractivity contribution is 5.74. The van der Waals surface area contributed by atoms with Gasteiger partial charge in [0.05, 0.1) is 0 Å². The molecule has 3 saturated carbocycles. The van der Waals surface area contributed by atoms with Crippen molar-refractivity contribution in [2.24, 2.45) is 28.9 Å². The number of carboxylic acids is 1. The van der Waals surface area contributed by atoms with Crippen molar-refractivity contribution in [2.45, 2.75) is 102 Å². The highest BCUT2D eigenvalue weighted by Crippen LogP contribution is 2.58. The summed E-state index contributed by atoms with van der Waals surface area (Å²) in [6.07, 6.45) is 18.9. The van der Waals surface area contributed by atoms with E-state index in [1.54, 1.807) is 0 Å². The molecule has 0 aromatic heterocycles. The lowest BCUT2D eigenvalue weighted by Crippen LogP contribution is -2.60. The van der Waals surface area contributed by atoms with E-state index in [4.69, 9.17) is 5.73 Å². The molecule has 0 aromatic carbocycles. The van der Waals surface area contributed by atoms with E-state index in [-0.39, 0.29) is 5.41 Å². The van der Waals surface area contributed by atoms with Crippen molar-refractivity contribution in [2.75, 3.05) is 0 Å². The third-order valence-corrected chi connectivity index (χ3v) is 7.74. The van der Waals surface area contributed by atoms with Crippen molar-refractivity contribution in [3.05, 3.63) is 0 Å². The SMILES string of the molecule is N[C@H](C(=O)O)C(C1CCCCC1)(C1CCCCC1)C1CCCCC1. The summed E-state index contributed by atoms with van der Waals surface area (Å²) in [5.74, 6) is 0.896. The second-order valence-electron chi connectivity index (χ2n) is 8.82. The molecule has 0 aromatic rings. The lowest BCUT2D eigenvalue weighted by molar-refractivity contribution is -0.152. The molecule has 24 heavy (non-hydrogen) atoms. The van der Waals surface area contributed by atoms with Gasteiger partial charge in [0.25, 0.3) is 0 Å². The molecular formula is C21H37NO2. The van der Waals surface area contributed by atoms with E-state index in [9.17, 15) is 9.90 Å². The largest absolute Gasteiger partial charge is 0.480 e. The molecule has 3 heteroatoms. The van der Waals surface area contributed by atoms with Crippen LogP contribution in [0.3, 0.4) is 0 Å². The van der Waals surface area contributed by atoms with Gasteiger partial charge in [0.15, 0.2) is 0 Å². The molecule has 0 bridgehead atoms. The summed E-state index contributed by atoms with van der Waals surface area (Å²) in [5, 5.41) is 9.98. The van der Waals surface area contributed by atoms with Crippen LogP contribution in [0.2, 0.25) is 0 Å². The number of rotatable bonds is 5. The molecule has 0 saturated heterocycles. The Bertz CT molecular complexity index is 359. The average Bonchev–Trinajstić information content (AvgIpc) is 2.65. The molecule has 3 aliphatic rings. The summed E-state index contributed by atoms with van der Waals surface area (Å²) in [5.41, 5.74) is 6.46. The van der Waals surface area contributed by atoms with E-state index in [0.717, 1.165) is 0 Å². The summed E-state index contributed by atoms with van der Waals surface area (Å²) in [4.78, 5) is 12.1. The van der Waals surface area contributed by atoms with E-state index in [1.807, 2.05) is 0 Å². The maximum Gasteiger partial charge on any atom is 0.321 e. The Hall–Kier alpha value is -0.570. The van der Waals surface area contributed by atoms with Crippen LogP contribution in [-0.4, -0.2) is 17.1 Å². The molecular weight excluding hydrogens is 298 g/mol. The quantitative estimate of drug-likeness (QED) is 0.732. The van der Waals surface area contributed by atoms with Crippen LogP contribution in [0, 0.1) is 23.2 Å². The van der Waals surface area contributed by atoms with Crippen molar-refractivity contribution in [3.63, 3.8) is 0 Å². The molecule has 0 amide bonds. The third kappa shape index (κ3) is 3.38. The number of carbonyl (C=O) groups is 1. The fourth-order valence-electron chi connectivity index (χ4n) is 6.78. The predicted octanol–water partition coefficient (Wildman–Crippen LogP) is 5.13. The van der Waals surface area contributed by atoms with Gasteiger partial charge in [-0.1, -0.05) is 57.8 Å². The molecule has 0 heterocycles. The molecule has 3 aliphatic carbocycles. The predicted molar refractivity (Wildman–Crippen MR) is 97.8 cm³/mol. The highest BCUT2D eigenvalue weighted by atomic mass is 16.4. The monoisotopic (exact) mass is 335 g/mol. The summed E-state index contributed by atoms with van der Waals surface area (Å²) in [7, 11) is 0. The topological polar surface area (TPSA) is 63.3 Å². The molecule has 3 N–H and O–H groups in total. The van der Waals surface area contributed by atoms with E-state index < -0.39 is 12.0 Å². The van der Waals surface area contributed by atoms with Gasteiger partial charge in [0.1, 0.15) is 6.04 Å². The standard InChI is InChI=1S/C21H37NO2/c22-19(20(23)24)21(16-10-4-1-5-11-16,17-12-6-2-7-13-17)18-14-8-3-9-15-18/h16-19H,1-15,22H2,(H,23,24)/t19-/m1/s1. The Kier molecular flexibility index (Phi) is 6.23. The molecule has 0 radical (unpaired) electrons. The van der Waals surface area contributed by atoms with Crippen LogP contribution in [-0.2, 0) is 4.79 Å². The minimum absolute atomic E-state index is 0.132. The smallest absolute Gasteiger partial charge is 0.321 e. The van der Waals surface area contributed by atoms with E-state index in [2.05, 4.69) is 0 Å². The zero-order chi connectivity index (χ0) is 17.0. The van der Waals surface area contributed by atoms with Crippen molar-refractivity contribution >= 4 is 5.97 Å². The van der Waals surface area contributed by atoms with Gasteiger partial charge in [-0.25, -0.2) is 0 Å². The van der Waals surface area contributed by atoms with Crippen LogP contribution >= 0.6 is 0 Å². The first kappa shape index (κ1) is 18.2. The minimum Gasteiger partial charge on any atom is -0.480 e. The van der Waals surface area contributed by atoms with Gasteiger partial charge in [0, 0.05) is 5.41 Å². The number of nitrogens with two attached hydrogens (primary N) is 1. The third-order valence-electron chi connectivity index (χ3n) is 7.74. The maximum absolute atomic E-state index is 12.1. The number of aliphatic carboxylic acids is 1. The van der Waals surface area contributed by atoms with Gasteiger partial charge in [0.2, 0.25) is 0 Å². The van der Waals surface area contributed by atoms with Gasteiger partial charge in [-0.3, -0.25) is 4.79 Å². The Morgan fingerprint density at radius 3 is 1.25 bits per heavy atom. The van der Waals surface area contributed by atoms with Crippen LogP contribution in [0.5, 0.6) is 0 Å². The van der Waals surface area contributed by atoms with Gasteiger partial charge >= 0.3 is 5.97 Å². The molecule has 3 fully saturated rings. The first-order valence-corrected chi connectivity index (χ1v) is 10.7. The van der Waals surface area contributed by atoms with Crippen molar-refractivity contribution in [1.82, 2.24) is 0 Å². The Morgan fingerprint density at radius 2 is 1.00 bits per heavy atom.